The van der Waals surface area contributed by atoms with E-state index in [2.05, 4.69) is 34.3 Å². The molecule has 0 aliphatic rings. The van der Waals surface area contributed by atoms with Crippen LogP contribution in [0.2, 0.25) is 0 Å². The van der Waals surface area contributed by atoms with Gasteiger partial charge in [-0.25, -0.2) is 0 Å². The number of alkyl halides is 3. The summed E-state index contributed by atoms with van der Waals surface area (Å²) in [6.07, 6.45) is 2.39. The van der Waals surface area contributed by atoms with Gasteiger partial charge in [0.1, 0.15) is 0 Å². The molecule has 0 heterocycles. The summed E-state index contributed by atoms with van der Waals surface area (Å²) in [7, 11) is -3.38. The summed E-state index contributed by atoms with van der Waals surface area (Å²) in [5.74, 6) is 0. The van der Waals surface area contributed by atoms with Gasteiger partial charge in [0.05, 0.1) is 36.3 Å². The number of hydrogen-bond donors (Lipinski definition) is 0. The highest BCUT2D eigenvalue weighted by Crippen LogP contribution is 2.14. The lowest BCUT2D eigenvalue weighted by Crippen LogP contribution is -2.50. The van der Waals surface area contributed by atoms with E-state index in [1.165, 1.54) is 61.9 Å². The summed E-state index contributed by atoms with van der Waals surface area (Å²) in [6, 6.07) is 10.0. The summed E-state index contributed by atoms with van der Waals surface area (Å²) in [5.41, 5.74) is 1.17. The Bertz CT molecular complexity index is 693. The van der Waals surface area contributed by atoms with Crippen LogP contribution in [0, 0.1) is 0 Å². The first-order chi connectivity index (χ1) is 14.1. The van der Waals surface area contributed by atoms with Crippen LogP contribution in [0.15, 0.2) is 41.3 Å². The van der Waals surface area contributed by atoms with E-state index in [1.807, 2.05) is 36.4 Å². The third-order valence-corrected chi connectivity index (χ3v) is 5.02. The predicted octanol–water partition coefficient (Wildman–Crippen LogP) is 6.34. The van der Waals surface area contributed by atoms with E-state index in [9.17, 15) is 21.6 Å². The molecule has 0 aliphatic carbocycles. The zero-order valence-corrected chi connectivity index (χ0v) is 20.1. The Hall–Kier alpha value is -1.45. The van der Waals surface area contributed by atoms with Crippen LogP contribution in [0.4, 0.5) is 13.2 Å². The summed E-state index contributed by atoms with van der Waals surface area (Å²) in [6.45, 7) is 18.4. The molecule has 174 valence electrons. The maximum atomic E-state index is 11.0. The Kier molecular flexibility index (Phi) is 18.8. The minimum atomic E-state index is -4.77. The fraction of sp³-hybridized carbons (Fsp3) is 0.619. The van der Waals surface area contributed by atoms with E-state index in [0.29, 0.717) is 0 Å². The molecule has 0 atom stereocenters. The Labute approximate surface area is 184 Å². The van der Waals surface area contributed by atoms with Crippen molar-refractivity contribution in [1.82, 2.24) is 0 Å². The standard InChI is InChI=1S/C12H28N.C8H8.CF3NO2S2/c1-5-9-13(10-6-2,11-7-3)12-8-4;1-2-8-6-4-3-5-7-8;2-1(3,4)5-8-9(6)7/h5-12H2,1-4H3;2-7H,1H2;/q+1;;. The van der Waals surface area contributed by atoms with Crippen LogP contribution >= 0.6 is 0 Å². The van der Waals surface area contributed by atoms with Crippen LogP contribution in [0.1, 0.15) is 58.9 Å². The highest BCUT2D eigenvalue weighted by Gasteiger charge is 2.25. The van der Waals surface area contributed by atoms with Gasteiger partial charge in [-0.2, -0.15) is 8.42 Å². The number of hydrogen-bond acceptors (Lipinski definition) is 3. The monoisotopic (exact) mass is 469 g/mol. The highest BCUT2D eigenvalue weighted by atomic mass is 32.8. The van der Waals surface area contributed by atoms with Gasteiger partial charge in [0.25, 0.3) is 9.26 Å². The molecule has 0 fully saturated rings. The largest absolute Gasteiger partial charge is 0.514 e. The molecule has 1 aromatic carbocycles. The zero-order chi connectivity index (χ0) is 23.5. The molecule has 0 aromatic heterocycles. The molecule has 0 bridgehead atoms. The van der Waals surface area contributed by atoms with E-state index in [4.69, 9.17) is 0 Å². The van der Waals surface area contributed by atoms with Crippen LogP contribution in [0.5, 0.6) is 0 Å². The Morgan fingerprint density at radius 1 is 0.933 bits per heavy atom. The zero-order valence-electron chi connectivity index (χ0n) is 18.5. The van der Waals surface area contributed by atoms with Gasteiger partial charge in [0.2, 0.25) is 0 Å². The van der Waals surface area contributed by atoms with Crippen LogP contribution in [-0.2, 0) is 19.4 Å². The smallest absolute Gasteiger partial charge is 0.324 e. The fourth-order valence-corrected chi connectivity index (χ4v) is 3.81. The molecule has 0 aliphatic heterocycles. The number of halogens is 3. The molecule has 0 N–H and O–H groups in total. The van der Waals surface area contributed by atoms with Crippen molar-refractivity contribution in [2.75, 3.05) is 26.2 Å². The first kappa shape index (κ1) is 30.7. The first-order valence-corrected chi connectivity index (χ1v) is 12.5. The van der Waals surface area contributed by atoms with E-state index in [1.54, 1.807) is 4.36 Å². The number of quaternary nitrogens is 1. The van der Waals surface area contributed by atoms with Crippen molar-refractivity contribution in [2.24, 2.45) is 4.36 Å². The average Bonchev–Trinajstić information content (AvgIpc) is 2.68. The van der Waals surface area contributed by atoms with Gasteiger partial charge in [0, 0.05) is 0 Å². The van der Waals surface area contributed by atoms with Crippen LogP contribution in [-0.4, -0.2) is 45.4 Å². The second kappa shape index (κ2) is 18.3. The number of nitrogens with zero attached hydrogens (tertiary/aromatic N) is 2. The predicted molar refractivity (Wildman–Crippen MR) is 122 cm³/mol. The van der Waals surface area contributed by atoms with Gasteiger partial charge in [0.15, 0.2) is 0 Å². The number of rotatable bonds is 9. The minimum absolute atomic E-state index is 0.545. The van der Waals surface area contributed by atoms with Crippen molar-refractivity contribution in [2.45, 2.75) is 59.7 Å². The van der Waals surface area contributed by atoms with E-state index in [0.717, 1.165) is 0 Å². The second-order valence-corrected chi connectivity index (χ2v) is 8.69. The van der Waals surface area contributed by atoms with Crippen LogP contribution in [0.3, 0.4) is 0 Å². The Morgan fingerprint density at radius 2 is 1.33 bits per heavy atom. The average molecular weight is 470 g/mol. The van der Waals surface area contributed by atoms with Gasteiger partial charge < -0.3 is 4.48 Å². The molecule has 4 nitrogen and oxygen atoms in total. The van der Waals surface area contributed by atoms with Gasteiger partial charge in [-0.05, 0) is 31.2 Å². The lowest BCUT2D eigenvalue weighted by atomic mass is 10.2. The third kappa shape index (κ3) is 18.6. The van der Waals surface area contributed by atoms with Crippen molar-refractivity contribution in [3.8, 4) is 0 Å². The van der Waals surface area contributed by atoms with E-state index < -0.39 is 25.7 Å². The molecule has 1 aromatic rings. The maximum Gasteiger partial charge on any atom is 0.514 e. The van der Waals surface area contributed by atoms with Gasteiger partial charge >= 0.3 is 6.30 Å². The van der Waals surface area contributed by atoms with Crippen LogP contribution in [0.25, 0.3) is 6.08 Å². The van der Waals surface area contributed by atoms with Gasteiger partial charge in [-0.15, -0.1) is 17.5 Å². The third-order valence-electron chi connectivity index (χ3n) is 4.03. The quantitative estimate of drug-likeness (QED) is 0.313. The second-order valence-electron chi connectivity index (χ2n) is 6.69. The Morgan fingerprint density at radius 3 is 1.53 bits per heavy atom. The molecule has 0 amide bonds. The molecular weight excluding hydrogens is 433 g/mol. The molecule has 0 unspecified atom stereocenters. The molecule has 0 radical (unpaired) electrons. The van der Waals surface area contributed by atoms with Gasteiger partial charge in [-0.3, -0.25) is 0 Å². The summed E-state index contributed by atoms with van der Waals surface area (Å²) >= 11 is 0. The van der Waals surface area contributed by atoms with Crippen molar-refractivity contribution >= 4 is 25.5 Å². The molecule has 0 saturated carbocycles. The van der Waals surface area contributed by atoms with E-state index in [-0.39, 0.29) is 0 Å². The molecular formula is C21H36F3N2O2S2+. The van der Waals surface area contributed by atoms with E-state index >= 15 is 0 Å². The Balaban J connectivity index is 0. The van der Waals surface area contributed by atoms with Crippen molar-refractivity contribution in [3.05, 3.63) is 42.5 Å². The summed E-state index contributed by atoms with van der Waals surface area (Å²) < 4.78 is 54.8. The summed E-state index contributed by atoms with van der Waals surface area (Å²) in [5, 5.41) is 0. The maximum absolute atomic E-state index is 11.0. The van der Waals surface area contributed by atoms with Crippen molar-refractivity contribution in [1.29, 1.82) is 0 Å². The number of benzene rings is 1. The van der Waals surface area contributed by atoms with Crippen molar-refractivity contribution < 1.29 is 26.1 Å². The lowest BCUT2D eigenvalue weighted by Gasteiger charge is -2.38. The first-order valence-electron chi connectivity index (χ1n) is 10.2. The molecule has 9 heteroatoms. The highest BCUT2D eigenvalue weighted by molar-refractivity contribution is 8.19. The summed E-state index contributed by atoms with van der Waals surface area (Å²) in [4.78, 5) is 0. The minimum Gasteiger partial charge on any atom is -0.324 e. The van der Waals surface area contributed by atoms with Crippen LogP contribution < -0.4 is 0 Å². The molecule has 1 rings (SSSR count). The molecule has 0 spiro atoms. The fourth-order valence-electron chi connectivity index (χ4n) is 3.23. The normalized spacial score (nSPS) is 10.6. The van der Waals surface area contributed by atoms with Crippen molar-refractivity contribution in [3.63, 3.8) is 0 Å². The SMILES string of the molecule is C=Cc1ccccc1.CCC[N+](CCC)(CCC)CCC.O=S(=O)=S=NC(F)(F)F. The molecule has 30 heavy (non-hydrogen) atoms. The van der Waals surface area contributed by atoms with Gasteiger partial charge in [-0.1, -0.05) is 70.7 Å². The molecule has 0 saturated heterocycles. The topological polar surface area (TPSA) is 46.5 Å². The lowest BCUT2D eigenvalue weighted by molar-refractivity contribution is -0.928.